The molecule has 20 heavy (non-hydrogen) atoms. The van der Waals surface area contributed by atoms with E-state index < -0.39 is 0 Å². The van der Waals surface area contributed by atoms with E-state index in [1.165, 1.54) is 10.4 Å². The van der Waals surface area contributed by atoms with Gasteiger partial charge in [0, 0.05) is 27.8 Å². The van der Waals surface area contributed by atoms with E-state index in [1.54, 1.807) is 11.3 Å². The highest BCUT2D eigenvalue weighted by Crippen LogP contribution is 2.22. The van der Waals surface area contributed by atoms with Gasteiger partial charge in [-0.2, -0.15) is 0 Å². The predicted octanol–water partition coefficient (Wildman–Crippen LogP) is 4.37. The maximum atomic E-state index is 10.2. The third-order valence-corrected chi connectivity index (χ3v) is 4.98. The van der Waals surface area contributed by atoms with E-state index in [2.05, 4.69) is 46.2 Å². The highest BCUT2D eigenvalue weighted by molar-refractivity contribution is 9.10. The molecule has 0 bridgehead atoms. The van der Waals surface area contributed by atoms with E-state index in [0.29, 0.717) is 0 Å². The molecule has 4 heteroatoms. The van der Waals surface area contributed by atoms with Crippen LogP contribution in [0.25, 0.3) is 0 Å². The molecule has 0 aliphatic rings. The third-order valence-electron chi connectivity index (χ3n) is 3.29. The van der Waals surface area contributed by atoms with Gasteiger partial charge in [-0.15, -0.1) is 11.3 Å². The summed E-state index contributed by atoms with van der Waals surface area (Å²) >= 11 is 5.23. The number of nitrogens with zero attached hydrogens (tertiary/aromatic N) is 1. The van der Waals surface area contributed by atoms with E-state index >= 15 is 0 Å². The van der Waals surface area contributed by atoms with Gasteiger partial charge in [-0.25, -0.2) is 0 Å². The van der Waals surface area contributed by atoms with Crippen LogP contribution in [0, 0.1) is 6.92 Å². The van der Waals surface area contributed by atoms with Crippen molar-refractivity contribution >= 4 is 27.3 Å². The lowest BCUT2D eigenvalue weighted by molar-refractivity contribution is 0.148. The molecule has 0 spiro atoms. The lowest BCUT2D eigenvalue weighted by Gasteiger charge is -2.18. The van der Waals surface area contributed by atoms with Crippen LogP contribution in [0.15, 0.2) is 40.2 Å². The molecule has 1 aromatic heterocycles. The topological polar surface area (TPSA) is 23.5 Å². The van der Waals surface area contributed by atoms with Crippen LogP contribution in [0.2, 0.25) is 0 Å². The first kappa shape index (κ1) is 15.7. The Hall–Kier alpha value is -0.680. The highest BCUT2D eigenvalue weighted by atomic mass is 79.9. The van der Waals surface area contributed by atoms with Gasteiger partial charge in [-0.1, -0.05) is 29.8 Å². The van der Waals surface area contributed by atoms with Crippen molar-refractivity contribution in [3.05, 3.63) is 56.2 Å². The van der Waals surface area contributed by atoms with Crippen molar-refractivity contribution in [1.29, 1.82) is 0 Å². The summed E-state index contributed by atoms with van der Waals surface area (Å²) in [4.78, 5) is 3.58. The van der Waals surface area contributed by atoms with Gasteiger partial charge in [0.1, 0.15) is 0 Å². The normalized spacial score (nSPS) is 12.8. The largest absolute Gasteiger partial charge is 0.388 e. The van der Waals surface area contributed by atoms with E-state index in [1.807, 2.05) is 24.3 Å². The second-order valence-electron chi connectivity index (χ2n) is 5.18. The maximum absolute atomic E-state index is 10.2. The number of benzene rings is 1. The first-order valence-electron chi connectivity index (χ1n) is 6.70. The summed E-state index contributed by atoms with van der Waals surface area (Å²) in [5, 5.41) is 12.3. The Morgan fingerprint density at radius 3 is 2.60 bits per heavy atom. The number of hydrogen-bond acceptors (Lipinski definition) is 3. The van der Waals surface area contributed by atoms with Crippen molar-refractivity contribution in [3.63, 3.8) is 0 Å². The molecule has 0 amide bonds. The second kappa shape index (κ2) is 7.36. The van der Waals surface area contributed by atoms with Gasteiger partial charge in [-0.05, 0) is 48.0 Å². The monoisotopic (exact) mass is 353 g/mol. The molecule has 0 saturated heterocycles. The Morgan fingerprint density at radius 2 is 2.00 bits per heavy atom. The molecular weight excluding hydrogens is 334 g/mol. The first-order valence-corrected chi connectivity index (χ1v) is 8.38. The third kappa shape index (κ3) is 4.70. The van der Waals surface area contributed by atoms with Crippen LogP contribution in [0.5, 0.6) is 0 Å². The number of halogens is 1. The van der Waals surface area contributed by atoms with E-state index in [0.717, 1.165) is 29.5 Å². The summed E-state index contributed by atoms with van der Waals surface area (Å²) in [5.41, 5.74) is 2.23. The Balaban J connectivity index is 1.80. The lowest BCUT2D eigenvalue weighted by Crippen LogP contribution is -2.20. The van der Waals surface area contributed by atoms with Crippen LogP contribution in [-0.4, -0.2) is 23.6 Å². The van der Waals surface area contributed by atoms with Crippen molar-refractivity contribution in [2.75, 3.05) is 13.6 Å². The zero-order chi connectivity index (χ0) is 14.5. The summed E-state index contributed by atoms with van der Waals surface area (Å²) in [6, 6.07) is 10.3. The zero-order valence-electron chi connectivity index (χ0n) is 11.8. The molecular formula is C16H20BrNOS. The Kier molecular flexibility index (Phi) is 5.78. The molecule has 1 atom stereocenters. The first-order chi connectivity index (χ1) is 9.54. The minimum atomic E-state index is -0.381. The fraction of sp³-hybridized carbons (Fsp3) is 0.375. The fourth-order valence-corrected chi connectivity index (χ4v) is 3.61. The van der Waals surface area contributed by atoms with Gasteiger partial charge in [0.2, 0.25) is 0 Å². The number of aliphatic hydroxyl groups is 1. The molecule has 0 aliphatic heterocycles. The van der Waals surface area contributed by atoms with Gasteiger partial charge in [0.25, 0.3) is 0 Å². The zero-order valence-corrected chi connectivity index (χ0v) is 14.2. The molecule has 1 unspecified atom stereocenters. The summed E-state index contributed by atoms with van der Waals surface area (Å²) in [7, 11) is 2.09. The minimum Gasteiger partial charge on any atom is -0.388 e. The number of hydrogen-bond donors (Lipinski definition) is 1. The van der Waals surface area contributed by atoms with Crippen LogP contribution in [-0.2, 0) is 6.54 Å². The van der Waals surface area contributed by atoms with E-state index in [-0.39, 0.29) is 6.10 Å². The molecule has 108 valence electrons. The number of thiophene rings is 1. The summed E-state index contributed by atoms with van der Waals surface area (Å²) in [6.07, 6.45) is 0.375. The molecule has 1 heterocycles. The number of rotatable bonds is 6. The number of aryl methyl sites for hydroxylation is 1. The van der Waals surface area contributed by atoms with Crippen LogP contribution in [0.1, 0.15) is 28.5 Å². The second-order valence-corrected chi connectivity index (χ2v) is 7.10. The summed E-state index contributed by atoms with van der Waals surface area (Å²) in [5.74, 6) is 0. The van der Waals surface area contributed by atoms with Gasteiger partial charge in [-0.3, -0.25) is 0 Å². The Bertz CT molecular complexity index is 538. The van der Waals surface area contributed by atoms with Crippen LogP contribution in [0.3, 0.4) is 0 Å². The molecule has 1 N–H and O–H groups in total. The van der Waals surface area contributed by atoms with E-state index in [4.69, 9.17) is 0 Å². The highest BCUT2D eigenvalue weighted by Gasteiger charge is 2.09. The quantitative estimate of drug-likeness (QED) is 0.833. The van der Waals surface area contributed by atoms with E-state index in [9.17, 15) is 5.11 Å². The van der Waals surface area contributed by atoms with Crippen LogP contribution < -0.4 is 0 Å². The van der Waals surface area contributed by atoms with Crippen molar-refractivity contribution in [3.8, 4) is 0 Å². The summed E-state index contributed by atoms with van der Waals surface area (Å²) in [6.45, 7) is 3.87. The van der Waals surface area contributed by atoms with Gasteiger partial charge in [0.15, 0.2) is 0 Å². The Morgan fingerprint density at radius 1 is 1.30 bits per heavy atom. The molecule has 1 aromatic carbocycles. The van der Waals surface area contributed by atoms with Crippen LogP contribution in [0.4, 0.5) is 0 Å². The molecule has 2 rings (SSSR count). The molecule has 0 radical (unpaired) electrons. The predicted molar refractivity (Wildman–Crippen MR) is 89.1 cm³/mol. The maximum Gasteiger partial charge on any atom is 0.0802 e. The van der Waals surface area contributed by atoms with Crippen molar-refractivity contribution in [2.45, 2.75) is 26.0 Å². The van der Waals surface area contributed by atoms with Crippen molar-refractivity contribution in [2.24, 2.45) is 0 Å². The smallest absolute Gasteiger partial charge is 0.0802 e. The molecule has 0 aliphatic carbocycles. The SMILES string of the molecule is Cc1ccc(C(O)CCN(C)Cc2cc(Br)cs2)cc1. The lowest BCUT2D eigenvalue weighted by atomic mass is 10.0. The molecule has 2 aromatic rings. The molecule has 2 nitrogen and oxygen atoms in total. The average molecular weight is 354 g/mol. The van der Waals surface area contributed by atoms with Gasteiger partial charge in [0.05, 0.1) is 6.10 Å². The van der Waals surface area contributed by atoms with Gasteiger partial charge >= 0.3 is 0 Å². The number of aliphatic hydroxyl groups excluding tert-OH is 1. The van der Waals surface area contributed by atoms with Crippen molar-refractivity contribution < 1.29 is 5.11 Å². The molecule has 0 fully saturated rings. The average Bonchev–Trinajstić information content (AvgIpc) is 2.82. The summed E-state index contributed by atoms with van der Waals surface area (Å²) < 4.78 is 1.14. The van der Waals surface area contributed by atoms with Crippen molar-refractivity contribution in [1.82, 2.24) is 4.90 Å². The fourth-order valence-electron chi connectivity index (χ4n) is 2.08. The van der Waals surface area contributed by atoms with Crippen LogP contribution >= 0.6 is 27.3 Å². The molecule has 0 saturated carbocycles. The standard InChI is InChI=1S/C16H20BrNOS/c1-12-3-5-13(6-4-12)16(19)7-8-18(2)10-15-9-14(17)11-20-15/h3-6,9,11,16,19H,7-8,10H2,1-2H3. The minimum absolute atomic E-state index is 0.381. The Labute approximate surface area is 133 Å². The van der Waals surface area contributed by atoms with Gasteiger partial charge < -0.3 is 10.0 Å².